The quantitative estimate of drug-likeness (QED) is 0.713. The predicted molar refractivity (Wildman–Crippen MR) is 122 cm³/mol. The number of hydrogen-bond acceptors (Lipinski definition) is 5. The van der Waals surface area contributed by atoms with Crippen LogP contribution in [0.25, 0.3) is 0 Å². The highest BCUT2D eigenvalue weighted by Gasteiger charge is 2.28. The van der Waals surface area contributed by atoms with Gasteiger partial charge in [-0.2, -0.15) is 4.31 Å². The lowest BCUT2D eigenvalue weighted by molar-refractivity contribution is 0.0925. The minimum Gasteiger partial charge on any atom is -0.490 e. The monoisotopic (exact) mass is 458 g/mol. The number of fused-ring (bicyclic) bond motifs is 1. The lowest BCUT2D eigenvalue weighted by Gasteiger charge is -2.24. The smallest absolute Gasteiger partial charge is 0.251 e. The number of benzene rings is 2. The number of carbonyl (C=O) groups excluding carboxylic acids is 1. The first-order valence-corrected chi connectivity index (χ1v) is 12.6. The average Bonchev–Trinajstić information content (AvgIpc) is 3.24. The van der Waals surface area contributed by atoms with Crippen molar-refractivity contribution in [2.75, 3.05) is 26.3 Å². The minimum atomic E-state index is -3.58. The Bertz CT molecular complexity index is 1080. The van der Waals surface area contributed by atoms with Gasteiger partial charge in [0.2, 0.25) is 10.0 Å². The summed E-state index contributed by atoms with van der Waals surface area (Å²) < 4.78 is 38.8. The Hall–Kier alpha value is -2.58. The molecule has 0 saturated carbocycles. The second kappa shape index (κ2) is 9.50. The number of carbonyl (C=O) groups is 1. The van der Waals surface area contributed by atoms with E-state index in [2.05, 4.69) is 5.32 Å². The van der Waals surface area contributed by atoms with Crippen LogP contribution in [-0.4, -0.2) is 44.9 Å². The summed E-state index contributed by atoms with van der Waals surface area (Å²) in [7, 11) is -3.58. The Morgan fingerprint density at radius 1 is 0.969 bits per heavy atom. The molecule has 32 heavy (non-hydrogen) atoms. The fourth-order valence-electron chi connectivity index (χ4n) is 4.11. The summed E-state index contributed by atoms with van der Waals surface area (Å²) in [4.78, 5) is 13.3. The summed E-state index contributed by atoms with van der Waals surface area (Å²) in [6.07, 6.45) is 2.56. The molecule has 2 aliphatic rings. The lowest BCUT2D eigenvalue weighted by Crippen LogP contribution is -2.32. The molecule has 1 unspecified atom stereocenters. The Morgan fingerprint density at radius 3 is 2.41 bits per heavy atom. The molecule has 2 aromatic rings. The first kappa shape index (κ1) is 22.6. The van der Waals surface area contributed by atoms with E-state index in [0.29, 0.717) is 43.4 Å². The summed E-state index contributed by atoms with van der Waals surface area (Å²) in [6, 6.07) is 11.7. The van der Waals surface area contributed by atoms with Gasteiger partial charge in [0.1, 0.15) is 0 Å². The van der Waals surface area contributed by atoms with Gasteiger partial charge in [0.25, 0.3) is 5.91 Å². The maximum absolute atomic E-state index is 13.1. The first-order chi connectivity index (χ1) is 15.4. The maximum Gasteiger partial charge on any atom is 0.251 e. The van der Waals surface area contributed by atoms with Gasteiger partial charge < -0.3 is 14.8 Å². The molecule has 2 aliphatic heterocycles. The van der Waals surface area contributed by atoms with Crippen LogP contribution >= 0.6 is 0 Å². The number of nitrogens with zero attached hydrogens (tertiary/aromatic N) is 1. The molecule has 0 radical (unpaired) electrons. The molecule has 0 aliphatic carbocycles. The molecule has 8 heteroatoms. The van der Waals surface area contributed by atoms with E-state index in [0.717, 1.165) is 24.8 Å². The van der Waals surface area contributed by atoms with Crippen molar-refractivity contribution in [3.05, 3.63) is 53.6 Å². The summed E-state index contributed by atoms with van der Waals surface area (Å²) in [5.74, 6) is 1.19. The van der Waals surface area contributed by atoms with Crippen molar-refractivity contribution < 1.29 is 22.7 Å². The zero-order valence-corrected chi connectivity index (χ0v) is 19.4. The Morgan fingerprint density at radius 2 is 1.69 bits per heavy atom. The topological polar surface area (TPSA) is 84.9 Å². The average molecular weight is 459 g/mol. The number of sulfonamides is 1. The number of nitrogens with one attached hydrogen (secondary N) is 1. The van der Waals surface area contributed by atoms with Crippen molar-refractivity contribution in [1.82, 2.24) is 9.62 Å². The third-order valence-corrected chi connectivity index (χ3v) is 7.78. The van der Waals surface area contributed by atoms with Crippen molar-refractivity contribution >= 4 is 15.9 Å². The van der Waals surface area contributed by atoms with Gasteiger partial charge in [-0.3, -0.25) is 4.79 Å². The van der Waals surface area contributed by atoms with E-state index in [9.17, 15) is 13.2 Å². The molecule has 1 atom stereocenters. The van der Waals surface area contributed by atoms with Crippen molar-refractivity contribution in [3.63, 3.8) is 0 Å². The van der Waals surface area contributed by atoms with E-state index in [4.69, 9.17) is 9.47 Å². The standard InChI is InChI=1S/C24H30N2O5S/c1-17(2)23(18-9-10-21-22(16-18)31-14-6-13-30-21)25-24(27)19-7-5-8-20(15-19)32(28,29)26-11-3-4-12-26/h5,7-10,15-17,23H,3-4,6,11-14H2,1-2H3,(H,25,27). The van der Waals surface area contributed by atoms with Crippen LogP contribution in [0.1, 0.15) is 55.1 Å². The number of hydrogen-bond donors (Lipinski definition) is 1. The van der Waals surface area contributed by atoms with E-state index >= 15 is 0 Å². The van der Waals surface area contributed by atoms with Gasteiger partial charge in [0.05, 0.1) is 24.2 Å². The molecule has 1 saturated heterocycles. The third-order valence-electron chi connectivity index (χ3n) is 5.88. The molecule has 0 spiro atoms. The van der Waals surface area contributed by atoms with Gasteiger partial charge in [0.15, 0.2) is 11.5 Å². The summed E-state index contributed by atoms with van der Waals surface area (Å²) in [5, 5.41) is 3.08. The molecule has 0 bridgehead atoms. The highest BCUT2D eigenvalue weighted by molar-refractivity contribution is 7.89. The molecule has 2 aromatic carbocycles. The van der Waals surface area contributed by atoms with E-state index in [1.165, 1.54) is 10.4 Å². The third kappa shape index (κ3) is 4.76. The minimum absolute atomic E-state index is 0.111. The molecule has 4 rings (SSSR count). The summed E-state index contributed by atoms with van der Waals surface area (Å²) in [5.41, 5.74) is 1.24. The molecular formula is C24H30N2O5S. The van der Waals surface area contributed by atoms with Crippen molar-refractivity contribution in [3.8, 4) is 11.5 Å². The summed E-state index contributed by atoms with van der Waals surface area (Å²) in [6.45, 7) is 6.32. The zero-order valence-electron chi connectivity index (χ0n) is 18.5. The largest absolute Gasteiger partial charge is 0.490 e. The van der Waals surface area contributed by atoms with Gasteiger partial charge in [0, 0.05) is 25.1 Å². The Balaban J connectivity index is 1.56. The fraction of sp³-hybridized carbons (Fsp3) is 0.458. The number of rotatable bonds is 6. The molecule has 1 amide bonds. The van der Waals surface area contributed by atoms with Crippen LogP contribution in [0.3, 0.4) is 0 Å². The summed E-state index contributed by atoms with van der Waals surface area (Å²) >= 11 is 0. The van der Waals surface area contributed by atoms with Crippen LogP contribution < -0.4 is 14.8 Å². The van der Waals surface area contributed by atoms with E-state index < -0.39 is 10.0 Å². The lowest BCUT2D eigenvalue weighted by atomic mass is 9.95. The molecule has 0 aromatic heterocycles. The van der Waals surface area contributed by atoms with Crippen LogP contribution in [0, 0.1) is 5.92 Å². The second-order valence-electron chi connectivity index (χ2n) is 8.59. The first-order valence-electron chi connectivity index (χ1n) is 11.2. The van der Waals surface area contributed by atoms with Crippen molar-refractivity contribution in [2.24, 2.45) is 5.92 Å². The Labute approximate surface area is 189 Å². The van der Waals surface area contributed by atoms with E-state index in [-0.39, 0.29) is 22.8 Å². The highest BCUT2D eigenvalue weighted by Crippen LogP contribution is 2.34. The molecule has 2 heterocycles. The molecular weight excluding hydrogens is 428 g/mol. The van der Waals surface area contributed by atoms with E-state index in [1.807, 2.05) is 32.0 Å². The molecule has 1 fully saturated rings. The van der Waals surface area contributed by atoms with Gasteiger partial charge >= 0.3 is 0 Å². The molecule has 7 nitrogen and oxygen atoms in total. The van der Waals surface area contributed by atoms with Crippen LogP contribution in [0.2, 0.25) is 0 Å². The van der Waals surface area contributed by atoms with Gasteiger partial charge in [-0.15, -0.1) is 0 Å². The van der Waals surface area contributed by atoms with Gasteiger partial charge in [-0.25, -0.2) is 8.42 Å². The van der Waals surface area contributed by atoms with Crippen LogP contribution in [0.15, 0.2) is 47.4 Å². The molecule has 1 N–H and O–H groups in total. The van der Waals surface area contributed by atoms with Crippen LogP contribution in [0.5, 0.6) is 11.5 Å². The zero-order chi connectivity index (χ0) is 22.7. The van der Waals surface area contributed by atoms with Gasteiger partial charge in [-0.1, -0.05) is 26.0 Å². The predicted octanol–water partition coefficient (Wildman–Crippen LogP) is 3.76. The van der Waals surface area contributed by atoms with Crippen LogP contribution in [0.4, 0.5) is 0 Å². The molecule has 172 valence electrons. The SMILES string of the molecule is CC(C)C(NC(=O)c1cccc(S(=O)(=O)N2CCCC2)c1)c1ccc2c(c1)OCCCO2. The second-order valence-corrected chi connectivity index (χ2v) is 10.5. The van der Waals surface area contributed by atoms with Crippen LogP contribution in [-0.2, 0) is 10.0 Å². The van der Waals surface area contributed by atoms with Crippen molar-refractivity contribution in [1.29, 1.82) is 0 Å². The highest BCUT2D eigenvalue weighted by atomic mass is 32.2. The van der Waals surface area contributed by atoms with Gasteiger partial charge in [-0.05, 0) is 54.7 Å². The van der Waals surface area contributed by atoms with E-state index in [1.54, 1.807) is 18.2 Å². The Kier molecular flexibility index (Phi) is 6.71. The fourth-order valence-corrected chi connectivity index (χ4v) is 5.67. The number of amides is 1. The number of ether oxygens (including phenoxy) is 2. The maximum atomic E-state index is 13.1. The van der Waals surface area contributed by atoms with Crippen molar-refractivity contribution in [2.45, 2.75) is 44.0 Å². The normalized spacial score (nSPS) is 17.7.